The van der Waals surface area contributed by atoms with E-state index in [1.165, 1.54) is 6.26 Å². The smallest absolute Gasteiger partial charge is 0.189 e. The Hall–Kier alpha value is -0.830. The number of guanidine groups is 1. The minimum Gasteiger partial charge on any atom is -0.370 e. The molecule has 0 saturated heterocycles. The van der Waals surface area contributed by atoms with E-state index in [1.807, 2.05) is 26.8 Å². The molecule has 1 aromatic rings. The second-order valence-electron chi connectivity index (χ2n) is 5.95. The molecule has 1 aromatic carbocycles. The molecule has 120 valence electrons. The van der Waals surface area contributed by atoms with Crippen molar-refractivity contribution in [3.05, 3.63) is 29.3 Å². The van der Waals surface area contributed by atoms with Crippen LogP contribution in [-0.2, 0) is 16.4 Å². The van der Waals surface area contributed by atoms with E-state index in [1.54, 1.807) is 19.1 Å². The molecule has 0 aliphatic heterocycles. The second kappa shape index (κ2) is 7.44. The Labute approximate surface area is 144 Å². The van der Waals surface area contributed by atoms with E-state index < -0.39 is 9.84 Å². The first-order valence-corrected chi connectivity index (χ1v) is 8.26. The summed E-state index contributed by atoms with van der Waals surface area (Å²) in [5.74, 6) is 0.377. The van der Waals surface area contributed by atoms with Crippen LogP contribution in [0.2, 0.25) is 0 Å². The van der Waals surface area contributed by atoms with Crippen LogP contribution in [0.4, 0.5) is 0 Å². The summed E-state index contributed by atoms with van der Waals surface area (Å²) in [5, 5.41) is 3.07. The third-order valence-electron chi connectivity index (χ3n) is 2.57. The first-order chi connectivity index (χ1) is 8.99. The van der Waals surface area contributed by atoms with Crippen LogP contribution in [0.15, 0.2) is 28.1 Å². The van der Waals surface area contributed by atoms with Crippen LogP contribution < -0.4 is 11.1 Å². The summed E-state index contributed by atoms with van der Waals surface area (Å²) < 4.78 is 23.1. The number of halogens is 1. The highest BCUT2D eigenvalue weighted by molar-refractivity contribution is 14.0. The Bertz CT molecular complexity index is 620. The van der Waals surface area contributed by atoms with Crippen molar-refractivity contribution >= 4 is 39.8 Å². The zero-order chi connectivity index (χ0) is 15.6. The van der Waals surface area contributed by atoms with Gasteiger partial charge in [0, 0.05) is 11.8 Å². The lowest BCUT2D eigenvalue weighted by molar-refractivity contribution is 0.508. The van der Waals surface area contributed by atoms with Crippen molar-refractivity contribution in [2.24, 2.45) is 10.7 Å². The van der Waals surface area contributed by atoms with Gasteiger partial charge in [-0.1, -0.05) is 12.1 Å². The molecule has 0 fully saturated rings. The summed E-state index contributed by atoms with van der Waals surface area (Å²) in [4.78, 5) is 4.60. The van der Waals surface area contributed by atoms with Gasteiger partial charge >= 0.3 is 0 Å². The molecule has 3 N–H and O–H groups in total. The lowest BCUT2D eigenvalue weighted by Crippen LogP contribution is -2.44. The van der Waals surface area contributed by atoms with Crippen LogP contribution in [0.3, 0.4) is 0 Å². The molecule has 0 radical (unpaired) electrons. The van der Waals surface area contributed by atoms with Gasteiger partial charge < -0.3 is 11.1 Å². The number of hydrogen-bond acceptors (Lipinski definition) is 3. The highest BCUT2D eigenvalue weighted by Gasteiger charge is 2.11. The summed E-state index contributed by atoms with van der Waals surface area (Å²) in [7, 11) is -3.18. The van der Waals surface area contributed by atoms with E-state index in [2.05, 4.69) is 10.3 Å². The third kappa shape index (κ3) is 7.12. The molecule has 0 bridgehead atoms. The molecule has 0 aliphatic carbocycles. The van der Waals surface area contributed by atoms with Gasteiger partial charge in [0.2, 0.25) is 0 Å². The van der Waals surface area contributed by atoms with E-state index in [0.29, 0.717) is 17.4 Å². The molecule has 0 heterocycles. The Morgan fingerprint density at radius 1 is 1.33 bits per heavy atom. The van der Waals surface area contributed by atoms with Crippen LogP contribution in [-0.4, -0.2) is 26.2 Å². The number of sulfone groups is 1. The number of nitrogens with one attached hydrogen (secondary N) is 1. The summed E-state index contributed by atoms with van der Waals surface area (Å²) in [6, 6.07) is 5.20. The first kappa shape index (κ1) is 20.2. The summed E-state index contributed by atoms with van der Waals surface area (Å²) in [6.07, 6.45) is 1.21. The van der Waals surface area contributed by atoms with Gasteiger partial charge in [0.25, 0.3) is 0 Å². The van der Waals surface area contributed by atoms with E-state index in [0.717, 1.165) is 11.1 Å². The van der Waals surface area contributed by atoms with Crippen LogP contribution in [0.5, 0.6) is 0 Å². The average molecular weight is 425 g/mol. The number of hydrogen-bond donors (Lipinski definition) is 2. The summed E-state index contributed by atoms with van der Waals surface area (Å²) in [6.45, 7) is 8.20. The number of nitrogens with zero attached hydrogens (tertiary/aromatic N) is 1. The fraction of sp³-hybridized carbons (Fsp3) is 0.500. The molecule has 0 aromatic heterocycles. The van der Waals surface area contributed by atoms with Crippen molar-refractivity contribution in [2.75, 3.05) is 6.26 Å². The lowest BCUT2D eigenvalue weighted by atomic mass is 10.1. The SMILES string of the molecule is Cc1cc(CN=C(N)NC(C)(C)C)ccc1S(C)(=O)=O.I. The number of nitrogens with two attached hydrogens (primary N) is 1. The Morgan fingerprint density at radius 3 is 2.33 bits per heavy atom. The maximum Gasteiger partial charge on any atom is 0.189 e. The minimum atomic E-state index is -3.18. The highest BCUT2D eigenvalue weighted by Crippen LogP contribution is 2.17. The van der Waals surface area contributed by atoms with Gasteiger partial charge in [-0.3, -0.25) is 0 Å². The predicted molar refractivity (Wildman–Crippen MR) is 97.9 cm³/mol. The van der Waals surface area contributed by atoms with Crippen LogP contribution in [0.1, 0.15) is 31.9 Å². The van der Waals surface area contributed by atoms with Crippen LogP contribution in [0.25, 0.3) is 0 Å². The molecule has 0 spiro atoms. The van der Waals surface area contributed by atoms with Crippen molar-refractivity contribution in [1.82, 2.24) is 5.32 Å². The number of rotatable bonds is 3. The molecular weight excluding hydrogens is 401 g/mol. The van der Waals surface area contributed by atoms with Gasteiger partial charge in [0.15, 0.2) is 15.8 Å². The Kier molecular flexibility index (Phi) is 7.14. The quantitative estimate of drug-likeness (QED) is 0.442. The van der Waals surface area contributed by atoms with Crippen molar-refractivity contribution in [2.45, 2.75) is 44.7 Å². The zero-order valence-electron chi connectivity index (χ0n) is 13.1. The molecule has 0 atom stereocenters. The summed E-state index contributed by atoms with van der Waals surface area (Å²) in [5.41, 5.74) is 7.30. The van der Waals surface area contributed by atoms with Crippen molar-refractivity contribution in [1.29, 1.82) is 0 Å². The fourth-order valence-electron chi connectivity index (χ4n) is 1.83. The topological polar surface area (TPSA) is 84.5 Å². The summed E-state index contributed by atoms with van der Waals surface area (Å²) >= 11 is 0. The Balaban J connectivity index is 0.00000400. The van der Waals surface area contributed by atoms with Gasteiger partial charge in [0.1, 0.15) is 0 Å². The highest BCUT2D eigenvalue weighted by atomic mass is 127. The van der Waals surface area contributed by atoms with Crippen LogP contribution in [0, 0.1) is 6.92 Å². The standard InChI is InChI=1S/C14H23N3O2S.HI/c1-10-8-11(6-7-12(10)20(5,18)19)9-16-13(15)17-14(2,3)4;/h6-8H,9H2,1-5H3,(H3,15,16,17);1H. The zero-order valence-corrected chi connectivity index (χ0v) is 16.2. The molecule has 7 heteroatoms. The molecular formula is C14H24IN3O2S. The average Bonchev–Trinajstić information content (AvgIpc) is 2.22. The Morgan fingerprint density at radius 2 is 1.90 bits per heavy atom. The molecule has 1 rings (SSSR count). The number of aryl methyl sites for hydroxylation is 1. The predicted octanol–water partition coefficient (Wildman–Crippen LogP) is 2.22. The molecule has 5 nitrogen and oxygen atoms in total. The molecule has 0 aliphatic rings. The van der Waals surface area contributed by atoms with Gasteiger partial charge in [-0.2, -0.15) is 0 Å². The molecule has 21 heavy (non-hydrogen) atoms. The fourth-order valence-corrected chi connectivity index (χ4v) is 2.79. The molecule has 0 unspecified atom stereocenters. The van der Waals surface area contributed by atoms with Crippen molar-refractivity contribution in [3.63, 3.8) is 0 Å². The minimum absolute atomic E-state index is 0. The van der Waals surface area contributed by atoms with E-state index in [-0.39, 0.29) is 29.5 Å². The van der Waals surface area contributed by atoms with E-state index in [9.17, 15) is 8.42 Å². The van der Waals surface area contributed by atoms with E-state index >= 15 is 0 Å². The lowest BCUT2D eigenvalue weighted by Gasteiger charge is -2.21. The van der Waals surface area contributed by atoms with Crippen molar-refractivity contribution in [3.8, 4) is 0 Å². The number of aliphatic imine (C=N–C) groups is 1. The number of benzene rings is 1. The largest absolute Gasteiger partial charge is 0.370 e. The third-order valence-corrected chi connectivity index (χ3v) is 3.83. The maximum atomic E-state index is 11.5. The van der Waals surface area contributed by atoms with Gasteiger partial charge in [-0.25, -0.2) is 13.4 Å². The second-order valence-corrected chi connectivity index (χ2v) is 7.93. The first-order valence-electron chi connectivity index (χ1n) is 6.37. The molecule has 0 amide bonds. The van der Waals surface area contributed by atoms with Gasteiger partial charge in [-0.15, -0.1) is 24.0 Å². The monoisotopic (exact) mass is 425 g/mol. The van der Waals surface area contributed by atoms with Gasteiger partial charge in [-0.05, 0) is 44.9 Å². The maximum absolute atomic E-state index is 11.5. The van der Waals surface area contributed by atoms with E-state index in [4.69, 9.17) is 5.73 Å². The van der Waals surface area contributed by atoms with Crippen molar-refractivity contribution < 1.29 is 8.42 Å². The molecule has 0 saturated carbocycles. The van der Waals surface area contributed by atoms with Gasteiger partial charge in [0.05, 0.1) is 11.4 Å². The normalized spacial score (nSPS) is 12.7. The van der Waals surface area contributed by atoms with Crippen LogP contribution >= 0.6 is 24.0 Å².